The van der Waals surface area contributed by atoms with Crippen molar-refractivity contribution in [3.63, 3.8) is 0 Å². The van der Waals surface area contributed by atoms with Crippen LogP contribution in [0.2, 0.25) is 5.02 Å². The van der Waals surface area contributed by atoms with Gasteiger partial charge < -0.3 is 16.0 Å². The van der Waals surface area contributed by atoms with E-state index >= 15 is 0 Å². The first-order valence-corrected chi connectivity index (χ1v) is 6.07. The molecule has 1 aliphatic heterocycles. The average Bonchev–Trinajstić information content (AvgIpc) is 2.69. The van der Waals surface area contributed by atoms with E-state index in [-0.39, 0.29) is 18.4 Å². The maximum absolute atomic E-state index is 11.8. The number of rotatable bonds is 3. The van der Waals surface area contributed by atoms with E-state index in [1.165, 1.54) is 0 Å². The third-order valence-electron chi connectivity index (χ3n) is 2.77. The zero-order valence-electron chi connectivity index (χ0n) is 9.78. The Labute approximate surface area is 110 Å². The van der Waals surface area contributed by atoms with Gasteiger partial charge in [-0.3, -0.25) is 9.59 Å². The Morgan fingerprint density at radius 2 is 2.28 bits per heavy atom. The van der Waals surface area contributed by atoms with Gasteiger partial charge in [0.15, 0.2) is 0 Å². The smallest absolute Gasteiger partial charge is 0.244 e. The van der Waals surface area contributed by atoms with Crippen LogP contribution >= 0.6 is 11.6 Å². The van der Waals surface area contributed by atoms with E-state index in [0.29, 0.717) is 29.4 Å². The molecule has 0 aliphatic carbocycles. The number of anilines is 2. The summed E-state index contributed by atoms with van der Waals surface area (Å²) in [7, 11) is 0. The van der Waals surface area contributed by atoms with Crippen LogP contribution in [0.4, 0.5) is 11.4 Å². The third-order valence-corrected chi connectivity index (χ3v) is 3.09. The lowest BCUT2D eigenvalue weighted by atomic mass is 10.3. The van der Waals surface area contributed by atoms with Crippen molar-refractivity contribution in [1.82, 2.24) is 4.90 Å². The van der Waals surface area contributed by atoms with Crippen molar-refractivity contribution in [3.8, 4) is 0 Å². The second-order valence-electron chi connectivity index (χ2n) is 4.21. The molecule has 1 aromatic rings. The van der Waals surface area contributed by atoms with Crippen molar-refractivity contribution in [1.29, 1.82) is 0 Å². The van der Waals surface area contributed by atoms with Crippen LogP contribution in [0.15, 0.2) is 18.2 Å². The van der Waals surface area contributed by atoms with Gasteiger partial charge in [0.2, 0.25) is 11.8 Å². The van der Waals surface area contributed by atoms with E-state index in [0.717, 1.165) is 6.42 Å². The van der Waals surface area contributed by atoms with Crippen molar-refractivity contribution >= 4 is 34.8 Å². The maximum Gasteiger partial charge on any atom is 0.244 e. The van der Waals surface area contributed by atoms with Crippen molar-refractivity contribution in [2.75, 3.05) is 24.1 Å². The topological polar surface area (TPSA) is 75.4 Å². The summed E-state index contributed by atoms with van der Waals surface area (Å²) in [6.07, 6.45) is 1.34. The average molecular weight is 268 g/mol. The lowest BCUT2D eigenvalue weighted by molar-refractivity contribution is -0.131. The van der Waals surface area contributed by atoms with E-state index in [2.05, 4.69) is 5.32 Å². The minimum absolute atomic E-state index is 0.0218. The molecule has 96 valence electrons. The number of likely N-dealkylation sites (tertiary alicyclic amines) is 1. The molecule has 1 fully saturated rings. The second kappa shape index (κ2) is 5.27. The van der Waals surface area contributed by atoms with Gasteiger partial charge in [0.1, 0.15) is 0 Å². The Morgan fingerprint density at radius 3 is 2.89 bits per heavy atom. The summed E-state index contributed by atoms with van der Waals surface area (Å²) in [6.45, 7) is 0.710. The van der Waals surface area contributed by atoms with E-state index in [1.807, 2.05) is 0 Å². The molecule has 3 N–H and O–H groups in total. The van der Waals surface area contributed by atoms with Gasteiger partial charge in [-0.05, 0) is 24.6 Å². The molecule has 0 unspecified atom stereocenters. The molecule has 6 heteroatoms. The molecule has 2 amide bonds. The first kappa shape index (κ1) is 12.7. The van der Waals surface area contributed by atoms with Crippen LogP contribution in [0, 0.1) is 0 Å². The number of benzene rings is 1. The first-order valence-electron chi connectivity index (χ1n) is 5.69. The Bertz CT molecular complexity index is 490. The highest BCUT2D eigenvalue weighted by molar-refractivity contribution is 6.34. The fourth-order valence-corrected chi connectivity index (χ4v) is 2.10. The molecular formula is C12H14ClN3O2. The zero-order valence-corrected chi connectivity index (χ0v) is 10.5. The van der Waals surface area contributed by atoms with Gasteiger partial charge in [0.05, 0.1) is 17.3 Å². The lowest BCUT2D eigenvalue weighted by Crippen LogP contribution is -2.34. The molecule has 2 rings (SSSR count). The summed E-state index contributed by atoms with van der Waals surface area (Å²) < 4.78 is 0. The fourth-order valence-electron chi connectivity index (χ4n) is 1.87. The van der Waals surface area contributed by atoms with Crippen LogP contribution in [-0.2, 0) is 9.59 Å². The van der Waals surface area contributed by atoms with E-state index in [1.54, 1.807) is 23.1 Å². The molecule has 1 saturated heterocycles. The predicted octanol–water partition coefficient (Wildman–Crippen LogP) is 1.48. The quantitative estimate of drug-likeness (QED) is 0.815. The normalized spacial score (nSPS) is 14.9. The van der Waals surface area contributed by atoms with Crippen LogP contribution in [0.25, 0.3) is 0 Å². The molecule has 0 bridgehead atoms. The van der Waals surface area contributed by atoms with Crippen LogP contribution < -0.4 is 11.1 Å². The Kier molecular flexibility index (Phi) is 3.72. The van der Waals surface area contributed by atoms with Crippen molar-refractivity contribution in [2.45, 2.75) is 12.8 Å². The molecular weight excluding hydrogens is 254 g/mol. The highest BCUT2D eigenvalue weighted by Gasteiger charge is 2.22. The predicted molar refractivity (Wildman–Crippen MR) is 70.3 cm³/mol. The molecule has 18 heavy (non-hydrogen) atoms. The van der Waals surface area contributed by atoms with E-state index < -0.39 is 0 Å². The second-order valence-corrected chi connectivity index (χ2v) is 4.61. The van der Waals surface area contributed by atoms with Crippen LogP contribution in [-0.4, -0.2) is 29.8 Å². The number of nitrogen functional groups attached to an aromatic ring is 1. The third kappa shape index (κ3) is 2.92. The highest BCUT2D eigenvalue weighted by Crippen LogP contribution is 2.24. The van der Waals surface area contributed by atoms with Gasteiger partial charge >= 0.3 is 0 Å². The summed E-state index contributed by atoms with van der Waals surface area (Å²) in [6, 6.07) is 4.86. The minimum Gasteiger partial charge on any atom is -0.399 e. The lowest BCUT2D eigenvalue weighted by Gasteiger charge is -2.15. The number of hydrogen-bond donors (Lipinski definition) is 2. The van der Waals surface area contributed by atoms with Gasteiger partial charge in [-0.2, -0.15) is 0 Å². The van der Waals surface area contributed by atoms with Crippen LogP contribution in [0.5, 0.6) is 0 Å². The number of halogens is 1. The minimum atomic E-state index is -0.253. The number of amides is 2. The number of nitrogens with two attached hydrogens (primary N) is 1. The molecule has 0 radical (unpaired) electrons. The molecule has 5 nitrogen and oxygen atoms in total. The monoisotopic (exact) mass is 267 g/mol. The number of nitrogens with one attached hydrogen (secondary N) is 1. The van der Waals surface area contributed by atoms with Crippen LogP contribution in [0.1, 0.15) is 12.8 Å². The van der Waals surface area contributed by atoms with Gasteiger partial charge in [-0.1, -0.05) is 11.6 Å². The molecule has 0 saturated carbocycles. The van der Waals surface area contributed by atoms with Gasteiger partial charge in [-0.25, -0.2) is 0 Å². The Balaban J connectivity index is 1.96. The van der Waals surface area contributed by atoms with Crippen molar-refractivity contribution < 1.29 is 9.59 Å². The summed E-state index contributed by atoms with van der Waals surface area (Å²) in [5, 5.41) is 3.05. The summed E-state index contributed by atoms with van der Waals surface area (Å²) in [4.78, 5) is 24.7. The first-order chi connectivity index (χ1) is 8.56. The van der Waals surface area contributed by atoms with Crippen molar-refractivity contribution in [3.05, 3.63) is 23.2 Å². The molecule has 1 heterocycles. The molecule has 0 spiro atoms. The number of hydrogen-bond acceptors (Lipinski definition) is 3. The number of carbonyl (C=O) groups excluding carboxylic acids is 2. The highest BCUT2D eigenvalue weighted by atomic mass is 35.5. The molecule has 0 aromatic heterocycles. The van der Waals surface area contributed by atoms with Gasteiger partial charge in [0, 0.05) is 18.7 Å². The van der Waals surface area contributed by atoms with Crippen LogP contribution in [0.3, 0.4) is 0 Å². The van der Waals surface area contributed by atoms with Gasteiger partial charge in [0.25, 0.3) is 0 Å². The molecule has 1 aromatic carbocycles. The largest absolute Gasteiger partial charge is 0.399 e. The van der Waals surface area contributed by atoms with E-state index in [9.17, 15) is 9.59 Å². The van der Waals surface area contributed by atoms with Crippen molar-refractivity contribution in [2.24, 2.45) is 0 Å². The van der Waals surface area contributed by atoms with E-state index in [4.69, 9.17) is 17.3 Å². The summed E-state index contributed by atoms with van der Waals surface area (Å²) in [5.74, 6) is -0.231. The standard InChI is InChI=1S/C12H14ClN3O2/c13-9-6-8(14)3-4-10(9)15-11(17)7-16-5-1-2-12(16)18/h3-4,6H,1-2,5,7,14H2,(H,15,17). The van der Waals surface area contributed by atoms with Gasteiger partial charge in [-0.15, -0.1) is 0 Å². The molecule has 1 aliphatic rings. The summed E-state index contributed by atoms with van der Waals surface area (Å²) >= 11 is 5.94. The number of nitrogens with zero attached hydrogens (tertiary/aromatic N) is 1. The SMILES string of the molecule is Nc1ccc(NC(=O)CN2CCCC2=O)c(Cl)c1. The maximum atomic E-state index is 11.8. The summed E-state index contributed by atoms with van der Waals surface area (Å²) in [5.41, 5.74) is 6.60. The Hall–Kier alpha value is -1.75. The molecule has 0 atom stereocenters. The fraction of sp³-hybridized carbons (Fsp3) is 0.333. The number of carbonyl (C=O) groups is 2. The zero-order chi connectivity index (χ0) is 13.1. The Morgan fingerprint density at radius 1 is 1.50 bits per heavy atom.